The highest BCUT2D eigenvalue weighted by Gasteiger charge is 2.31. The zero-order valence-corrected chi connectivity index (χ0v) is 16.5. The lowest BCUT2D eigenvalue weighted by Crippen LogP contribution is -2.42. The van der Waals surface area contributed by atoms with E-state index in [1.807, 2.05) is 6.92 Å². The first-order valence-electron chi connectivity index (χ1n) is 9.30. The minimum atomic E-state index is -0.0559. The molecule has 0 unspecified atom stereocenters. The van der Waals surface area contributed by atoms with E-state index in [1.54, 1.807) is 5.51 Å². The van der Waals surface area contributed by atoms with Crippen molar-refractivity contribution < 1.29 is 4.79 Å². The lowest BCUT2D eigenvalue weighted by molar-refractivity contribution is 0.0957. The topological polar surface area (TPSA) is 78.4 Å². The van der Waals surface area contributed by atoms with Crippen LogP contribution in [-0.4, -0.2) is 43.0 Å². The number of rotatable bonds is 8. The van der Waals surface area contributed by atoms with Gasteiger partial charge in [0.25, 0.3) is 5.91 Å². The standard InChI is InChI=1S/C18H31N5OS/c1-4-18(8-6-7-9-18)12-22-17(19-5-2)21-11-10-20-16(24)15-14(3)23-13-25-15/h13H,4-12H2,1-3H3,(H,20,24)(H2,19,21,22). The molecule has 1 aromatic heterocycles. The number of carbonyl (C=O) groups is 1. The molecule has 0 aliphatic heterocycles. The first kappa shape index (κ1) is 19.7. The molecule has 0 saturated heterocycles. The molecular weight excluding hydrogens is 334 g/mol. The van der Waals surface area contributed by atoms with E-state index in [1.165, 1.54) is 43.4 Å². The number of nitrogens with zero attached hydrogens (tertiary/aromatic N) is 2. The molecule has 7 heteroatoms. The molecule has 1 aliphatic carbocycles. The Kier molecular flexibility index (Phi) is 7.68. The van der Waals surface area contributed by atoms with Gasteiger partial charge in [0.05, 0.1) is 11.2 Å². The minimum Gasteiger partial charge on any atom is -0.357 e. The predicted octanol–water partition coefficient (Wildman–Crippen LogP) is 2.71. The number of thiazole rings is 1. The second-order valence-corrected chi connectivity index (χ2v) is 7.56. The number of aromatic nitrogens is 1. The van der Waals surface area contributed by atoms with Gasteiger partial charge in [-0.25, -0.2) is 4.98 Å². The summed E-state index contributed by atoms with van der Waals surface area (Å²) in [6.07, 6.45) is 6.43. The van der Waals surface area contributed by atoms with Crippen molar-refractivity contribution in [3.8, 4) is 0 Å². The maximum absolute atomic E-state index is 12.1. The van der Waals surface area contributed by atoms with Gasteiger partial charge in [-0.15, -0.1) is 11.3 Å². The number of aliphatic imine (C=N–C) groups is 1. The fraction of sp³-hybridized carbons (Fsp3) is 0.722. The molecule has 0 spiro atoms. The lowest BCUT2D eigenvalue weighted by Gasteiger charge is -2.25. The van der Waals surface area contributed by atoms with Crippen LogP contribution in [0.5, 0.6) is 0 Å². The van der Waals surface area contributed by atoms with Crippen LogP contribution in [0, 0.1) is 12.3 Å². The Hall–Kier alpha value is -1.63. The Bertz CT molecular complexity index is 578. The van der Waals surface area contributed by atoms with Crippen molar-refractivity contribution >= 4 is 23.2 Å². The molecule has 0 radical (unpaired) electrons. The largest absolute Gasteiger partial charge is 0.357 e. The quantitative estimate of drug-likeness (QED) is 0.376. The van der Waals surface area contributed by atoms with Crippen molar-refractivity contribution in [2.45, 2.75) is 52.9 Å². The van der Waals surface area contributed by atoms with Crippen molar-refractivity contribution in [1.82, 2.24) is 20.9 Å². The zero-order chi connectivity index (χ0) is 18.1. The van der Waals surface area contributed by atoms with Crippen LogP contribution in [0.1, 0.15) is 61.3 Å². The molecule has 1 heterocycles. The molecule has 1 aliphatic rings. The van der Waals surface area contributed by atoms with E-state index in [2.05, 4.69) is 34.8 Å². The fourth-order valence-electron chi connectivity index (χ4n) is 3.29. The summed E-state index contributed by atoms with van der Waals surface area (Å²) in [5, 5.41) is 9.53. The Balaban J connectivity index is 1.78. The van der Waals surface area contributed by atoms with Crippen molar-refractivity contribution in [2.75, 3.05) is 26.2 Å². The molecular formula is C18H31N5OS. The van der Waals surface area contributed by atoms with Crippen LogP contribution in [-0.2, 0) is 0 Å². The molecule has 1 aromatic rings. The maximum Gasteiger partial charge on any atom is 0.263 e. The molecule has 0 atom stereocenters. The average Bonchev–Trinajstić information content (AvgIpc) is 3.25. The molecule has 1 fully saturated rings. The maximum atomic E-state index is 12.1. The predicted molar refractivity (Wildman–Crippen MR) is 104 cm³/mol. The van der Waals surface area contributed by atoms with Gasteiger partial charge in [-0.1, -0.05) is 19.8 Å². The van der Waals surface area contributed by atoms with Crippen LogP contribution in [0.4, 0.5) is 0 Å². The number of nitrogens with one attached hydrogen (secondary N) is 3. The van der Waals surface area contributed by atoms with Gasteiger partial charge in [-0.05, 0) is 38.5 Å². The summed E-state index contributed by atoms with van der Waals surface area (Å²) in [6.45, 7) is 9.11. The lowest BCUT2D eigenvalue weighted by atomic mass is 9.84. The van der Waals surface area contributed by atoms with E-state index in [-0.39, 0.29) is 5.91 Å². The van der Waals surface area contributed by atoms with Gasteiger partial charge in [0.2, 0.25) is 0 Å². The normalized spacial score (nSPS) is 16.7. The van der Waals surface area contributed by atoms with Crippen molar-refractivity contribution in [3.05, 3.63) is 16.1 Å². The highest BCUT2D eigenvalue weighted by atomic mass is 32.1. The van der Waals surface area contributed by atoms with Crippen LogP contribution in [0.2, 0.25) is 0 Å². The van der Waals surface area contributed by atoms with E-state index < -0.39 is 0 Å². The number of guanidine groups is 1. The van der Waals surface area contributed by atoms with E-state index >= 15 is 0 Å². The van der Waals surface area contributed by atoms with Gasteiger partial charge >= 0.3 is 0 Å². The summed E-state index contributed by atoms with van der Waals surface area (Å²) < 4.78 is 0. The van der Waals surface area contributed by atoms with Crippen LogP contribution < -0.4 is 16.0 Å². The molecule has 2 rings (SSSR count). The third kappa shape index (κ3) is 5.70. The smallest absolute Gasteiger partial charge is 0.263 e. The number of carbonyl (C=O) groups excluding carboxylic acids is 1. The van der Waals surface area contributed by atoms with Gasteiger partial charge in [0.1, 0.15) is 4.88 Å². The molecule has 3 N–H and O–H groups in total. The van der Waals surface area contributed by atoms with Gasteiger partial charge in [-0.3, -0.25) is 9.79 Å². The van der Waals surface area contributed by atoms with Gasteiger partial charge in [0.15, 0.2) is 5.96 Å². The highest BCUT2D eigenvalue weighted by Crippen LogP contribution is 2.41. The van der Waals surface area contributed by atoms with Crippen LogP contribution >= 0.6 is 11.3 Å². The average molecular weight is 366 g/mol. The third-order valence-corrected chi connectivity index (χ3v) is 5.91. The van der Waals surface area contributed by atoms with E-state index in [0.717, 1.165) is 24.7 Å². The Morgan fingerprint density at radius 3 is 2.56 bits per heavy atom. The first-order valence-corrected chi connectivity index (χ1v) is 10.2. The number of amides is 1. The Morgan fingerprint density at radius 2 is 1.96 bits per heavy atom. The van der Waals surface area contributed by atoms with Gasteiger partial charge < -0.3 is 16.0 Å². The van der Waals surface area contributed by atoms with Gasteiger partial charge in [-0.2, -0.15) is 0 Å². The van der Waals surface area contributed by atoms with Crippen molar-refractivity contribution in [1.29, 1.82) is 0 Å². The first-order chi connectivity index (χ1) is 12.1. The molecule has 0 bridgehead atoms. The van der Waals surface area contributed by atoms with E-state index in [9.17, 15) is 4.79 Å². The summed E-state index contributed by atoms with van der Waals surface area (Å²) in [7, 11) is 0. The zero-order valence-electron chi connectivity index (χ0n) is 15.7. The van der Waals surface area contributed by atoms with E-state index in [0.29, 0.717) is 23.4 Å². The second kappa shape index (κ2) is 9.75. The summed E-state index contributed by atoms with van der Waals surface area (Å²) in [6, 6.07) is 0. The molecule has 6 nitrogen and oxygen atoms in total. The summed E-state index contributed by atoms with van der Waals surface area (Å²) in [4.78, 5) is 21.7. The van der Waals surface area contributed by atoms with Crippen LogP contribution in [0.25, 0.3) is 0 Å². The minimum absolute atomic E-state index is 0.0559. The third-order valence-electron chi connectivity index (χ3n) is 4.99. The number of hydrogen-bond donors (Lipinski definition) is 3. The van der Waals surface area contributed by atoms with Gasteiger partial charge in [0, 0.05) is 26.2 Å². The second-order valence-electron chi connectivity index (χ2n) is 6.71. The molecule has 25 heavy (non-hydrogen) atoms. The Morgan fingerprint density at radius 1 is 1.24 bits per heavy atom. The number of hydrogen-bond acceptors (Lipinski definition) is 4. The summed E-state index contributed by atoms with van der Waals surface area (Å²) in [5.74, 6) is 0.782. The SMILES string of the molecule is CCNC(=NCC1(CC)CCCC1)NCCNC(=O)c1scnc1C. The van der Waals surface area contributed by atoms with Crippen LogP contribution in [0.15, 0.2) is 10.5 Å². The summed E-state index contributed by atoms with van der Waals surface area (Å²) in [5.41, 5.74) is 2.87. The molecule has 140 valence electrons. The highest BCUT2D eigenvalue weighted by molar-refractivity contribution is 7.11. The van der Waals surface area contributed by atoms with Crippen molar-refractivity contribution in [3.63, 3.8) is 0 Å². The monoisotopic (exact) mass is 365 g/mol. The van der Waals surface area contributed by atoms with Crippen molar-refractivity contribution in [2.24, 2.45) is 10.4 Å². The molecule has 1 saturated carbocycles. The molecule has 1 amide bonds. The number of aryl methyl sites for hydroxylation is 1. The summed E-state index contributed by atoms with van der Waals surface area (Å²) >= 11 is 1.37. The fourth-order valence-corrected chi connectivity index (χ4v) is 4.01. The van der Waals surface area contributed by atoms with Crippen LogP contribution in [0.3, 0.4) is 0 Å². The van der Waals surface area contributed by atoms with E-state index in [4.69, 9.17) is 4.99 Å². The molecule has 0 aromatic carbocycles. The Labute approximate surface area is 154 Å².